The van der Waals surface area contributed by atoms with Gasteiger partial charge in [-0.05, 0) is 11.8 Å². The van der Waals surface area contributed by atoms with E-state index in [4.69, 9.17) is 0 Å². The lowest BCUT2D eigenvalue weighted by molar-refractivity contribution is 0.815. The smallest absolute Gasteiger partial charge is 0.0343 e. The second kappa shape index (κ2) is 6.09. The first kappa shape index (κ1) is 7.09. The Morgan fingerprint density at radius 3 is 2.71 bits per heavy atom. The predicted octanol–water partition coefficient (Wildman–Crippen LogP) is 2.62. The molecule has 0 atom stereocenters. The molecule has 0 aliphatic heterocycles. The normalized spacial score (nSPS) is 10.6. The highest BCUT2D eigenvalue weighted by molar-refractivity contribution is 7.83. The van der Waals surface area contributed by atoms with Gasteiger partial charge in [0.1, 0.15) is 0 Å². The Labute approximate surface area is 51.0 Å². The molecule has 0 unspecified atom stereocenters. The van der Waals surface area contributed by atoms with Gasteiger partial charge >= 0.3 is 0 Å². The second-order valence-electron chi connectivity index (χ2n) is 1.53. The van der Waals surface area contributed by atoms with Crippen LogP contribution in [-0.2, 0) is 0 Å². The molecule has 0 rings (SSSR count). The van der Waals surface area contributed by atoms with Crippen molar-refractivity contribution in [3.8, 4) is 0 Å². The first-order valence-electron chi connectivity index (χ1n) is 2.71. The summed E-state index contributed by atoms with van der Waals surface area (Å²) in [6, 6.07) is 0. The Balaban J connectivity index is 2.69. The number of hydrogen-bond acceptors (Lipinski definition) is 1. The third-order valence-corrected chi connectivity index (χ3v) is 1.04. The molecule has 0 spiro atoms. The fourth-order valence-electron chi connectivity index (χ4n) is 0.397. The fourth-order valence-corrected chi connectivity index (χ4v) is 0.546. The summed E-state index contributed by atoms with van der Waals surface area (Å²) in [5.41, 5.74) is 0. The van der Waals surface area contributed by atoms with Crippen molar-refractivity contribution in [3.05, 3.63) is 11.5 Å². The minimum atomic E-state index is 1.18. The lowest BCUT2D eigenvalue weighted by Crippen LogP contribution is -1.63. The largest absolute Gasteiger partial charge is 0.152 e. The van der Waals surface area contributed by atoms with Crippen LogP contribution in [-0.4, -0.2) is 0 Å². The van der Waals surface area contributed by atoms with E-state index in [0.717, 1.165) is 0 Å². The van der Waals surface area contributed by atoms with Crippen molar-refractivity contribution in [1.82, 2.24) is 0 Å². The van der Waals surface area contributed by atoms with Crippen LogP contribution in [0.3, 0.4) is 0 Å². The van der Waals surface area contributed by atoms with Crippen LogP contribution in [0.25, 0.3) is 0 Å². The Bertz CT molecular complexity index is 48.1. The molecule has 0 N–H and O–H groups in total. The van der Waals surface area contributed by atoms with Crippen LogP contribution in [0, 0.1) is 0 Å². The first-order chi connectivity index (χ1) is 3.41. The molecule has 0 aromatic rings. The fraction of sp³-hybridized carbons (Fsp3) is 0.667. The molecular weight excluding hydrogens is 104 g/mol. The van der Waals surface area contributed by atoms with E-state index in [1.807, 2.05) is 0 Å². The summed E-state index contributed by atoms with van der Waals surface area (Å²) in [5.74, 6) is 0. The van der Waals surface area contributed by atoms with Gasteiger partial charge < -0.3 is 0 Å². The van der Waals surface area contributed by atoms with Gasteiger partial charge in [-0.15, -0.1) is 0 Å². The molecule has 7 heavy (non-hydrogen) atoms. The maximum Gasteiger partial charge on any atom is -0.0343 e. The molecule has 0 nitrogen and oxygen atoms in total. The average molecular weight is 116 g/mol. The molecule has 42 valence electrons. The highest BCUT2D eigenvalue weighted by Gasteiger charge is 1.73. The van der Waals surface area contributed by atoms with Gasteiger partial charge in [-0.25, -0.2) is 0 Å². The zero-order valence-electron chi connectivity index (χ0n) is 4.72. The van der Waals surface area contributed by atoms with Gasteiger partial charge in [-0.3, -0.25) is 0 Å². The standard InChI is InChI=1S/C6H12S/c1-2-3-4-5-6-7/h5-7H,2-4H2,1H3. The average Bonchev–Trinajstić information content (AvgIpc) is 1.69. The second-order valence-corrected chi connectivity index (χ2v) is 1.83. The Morgan fingerprint density at radius 1 is 1.57 bits per heavy atom. The summed E-state index contributed by atoms with van der Waals surface area (Å²) in [7, 11) is 0. The number of hydrogen-bond donors (Lipinski definition) is 1. The number of rotatable bonds is 3. The van der Waals surface area contributed by atoms with E-state index in [2.05, 4.69) is 25.6 Å². The summed E-state index contributed by atoms with van der Waals surface area (Å²) < 4.78 is 0. The lowest BCUT2D eigenvalue weighted by Gasteiger charge is -1.83. The van der Waals surface area contributed by atoms with E-state index in [1.54, 1.807) is 5.41 Å². The van der Waals surface area contributed by atoms with Crippen molar-refractivity contribution >= 4 is 12.6 Å². The summed E-state index contributed by atoms with van der Waals surface area (Å²) in [6.45, 7) is 2.19. The Hall–Kier alpha value is 0.0900. The summed E-state index contributed by atoms with van der Waals surface area (Å²) in [6.07, 6.45) is 5.82. The van der Waals surface area contributed by atoms with Gasteiger partial charge in [0.25, 0.3) is 0 Å². The van der Waals surface area contributed by atoms with Crippen molar-refractivity contribution < 1.29 is 0 Å². The van der Waals surface area contributed by atoms with E-state index < -0.39 is 0 Å². The summed E-state index contributed by atoms with van der Waals surface area (Å²) in [5, 5.41) is 1.80. The zero-order valence-corrected chi connectivity index (χ0v) is 5.62. The van der Waals surface area contributed by atoms with Crippen LogP contribution in [0.1, 0.15) is 26.2 Å². The third-order valence-electron chi connectivity index (χ3n) is 0.830. The minimum Gasteiger partial charge on any atom is -0.152 e. The SMILES string of the molecule is CCCCC=CS. The monoisotopic (exact) mass is 116 g/mol. The van der Waals surface area contributed by atoms with Crippen LogP contribution < -0.4 is 0 Å². The molecule has 0 saturated carbocycles. The highest BCUT2D eigenvalue weighted by atomic mass is 32.1. The topological polar surface area (TPSA) is 0 Å². The molecule has 0 aromatic carbocycles. The van der Waals surface area contributed by atoms with Crippen LogP contribution in [0.15, 0.2) is 11.5 Å². The van der Waals surface area contributed by atoms with Gasteiger partial charge in [0, 0.05) is 0 Å². The summed E-state index contributed by atoms with van der Waals surface area (Å²) in [4.78, 5) is 0. The van der Waals surface area contributed by atoms with E-state index in [1.165, 1.54) is 19.3 Å². The van der Waals surface area contributed by atoms with Crippen molar-refractivity contribution in [2.45, 2.75) is 26.2 Å². The molecule has 0 aliphatic rings. The van der Waals surface area contributed by atoms with Crippen LogP contribution in [0.4, 0.5) is 0 Å². The highest BCUT2D eigenvalue weighted by Crippen LogP contribution is 1.94. The Kier molecular flexibility index (Phi) is 6.17. The molecule has 0 aromatic heterocycles. The van der Waals surface area contributed by atoms with E-state index in [-0.39, 0.29) is 0 Å². The number of unbranched alkanes of at least 4 members (excludes halogenated alkanes) is 2. The zero-order chi connectivity index (χ0) is 5.54. The predicted molar refractivity (Wildman–Crippen MR) is 37.7 cm³/mol. The third kappa shape index (κ3) is 6.09. The molecule has 0 saturated heterocycles. The van der Waals surface area contributed by atoms with Gasteiger partial charge in [0.2, 0.25) is 0 Å². The van der Waals surface area contributed by atoms with Crippen molar-refractivity contribution in [2.24, 2.45) is 0 Å². The number of thiol groups is 1. The maximum absolute atomic E-state index is 3.91. The molecule has 0 radical (unpaired) electrons. The van der Waals surface area contributed by atoms with E-state index in [0.29, 0.717) is 0 Å². The molecule has 0 fully saturated rings. The molecule has 0 heterocycles. The quantitative estimate of drug-likeness (QED) is 0.425. The molecule has 1 heteroatoms. The van der Waals surface area contributed by atoms with Crippen LogP contribution in [0.2, 0.25) is 0 Å². The maximum atomic E-state index is 3.91. The Morgan fingerprint density at radius 2 is 2.29 bits per heavy atom. The van der Waals surface area contributed by atoms with Crippen LogP contribution >= 0.6 is 12.6 Å². The van der Waals surface area contributed by atoms with Gasteiger partial charge in [-0.1, -0.05) is 25.8 Å². The van der Waals surface area contributed by atoms with Crippen molar-refractivity contribution in [3.63, 3.8) is 0 Å². The molecular formula is C6H12S. The van der Waals surface area contributed by atoms with Crippen LogP contribution in [0.5, 0.6) is 0 Å². The van der Waals surface area contributed by atoms with E-state index >= 15 is 0 Å². The minimum absolute atomic E-state index is 1.18. The molecule has 0 aliphatic carbocycles. The van der Waals surface area contributed by atoms with Gasteiger partial charge in [-0.2, -0.15) is 12.6 Å². The molecule has 0 amide bonds. The van der Waals surface area contributed by atoms with Gasteiger partial charge in [0.15, 0.2) is 0 Å². The van der Waals surface area contributed by atoms with E-state index in [9.17, 15) is 0 Å². The van der Waals surface area contributed by atoms with Crippen molar-refractivity contribution in [1.29, 1.82) is 0 Å². The first-order valence-corrected chi connectivity index (χ1v) is 3.22. The molecule has 0 bridgehead atoms. The number of allylic oxidation sites excluding steroid dienone is 1. The van der Waals surface area contributed by atoms with Gasteiger partial charge in [0.05, 0.1) is 0 Å². The summed E-state index contributed by atoms with van der Waals surface area (Å²) >= 11 is 3.91. The lowest BCUT2D eigenvalue weighted by atomic mass is 10.2. The van der Waals surface area contributed by atoms with Crippen molar-refractivity contribution in [2.75, 3.05) is 0 Å².